The Bertz CT molecular complexity index is 1280. The molecule has 0 radical (unpaired) electrons. The van der Waals surface area contributed by atoms with Crippen molar-refractivity contribution >= 4 is 23.1 Å². The van der Waals surface area contributed by atoms with Gasteiger partial charge < -0.3 is 15.8 Å². The van der Waals surface area contributed by atoms with Crippen LogP contribution in [0.4, 0.5) is 4.39 Å². The molecule has 190 valence electrons. The molecule has 9 nitrogen and oxygen atoms in total. The van der Waals surface area contributed by atoms with Crippen LogP contribution < -0.4 is 15.8 Å². The number of Topliss-reactive ketones (excluding diaryl/α,β-unsaturated/α-hetero) is 2. The van der Waals surface area contributed by atoms with Gasteiger partial charge in [0.2, 0.25) is 0 Å². The monoisotopic (exact) mass is 495 g/mol. The highest BCUT2D eigenvalue weighted by molar-refractivity contribution is 5.98. The molecular weight excluding hydrogens is 465 g/mol. The highest BCUT2D eigenvalue weighted by Gasteiger charge is 2.19. The average molecular weight is 496 g/mol. The van der Waals surface area contributed by atoms with Gasteiger partial charge in [-0.25, -0.2) is 13.9 Å². The number of ketones is 2. The van der Waals surface area contributed by atoms with Gasteiger partial charge in [0.1, 0.15) is 23.7 Å². The summed E-state index contributed by atoms with van der Waals surface area (Å²) < 4.78 is 20.3. The number of nitrogens with two attached hydrogens (primary N) is 1. The van der Waals surface area contributed by atoms with Crippen molar-refractivity contribution in [1.82, 2.24) is 19.9 Å². The molecule has 3 N–H and O–H groups in total. The van der Waals surface area contributed by atoms with Gasteiger partial charge in [0.15, 0.2) is 23.0 Å². The van der Waals surface area contributed by atoms with Gasteiger partial charge >= 0.3 is 0 Å². The van der Waals surface area contributed by atoms with Crippen LogP contribution in [0.1, 0.15) is 71.1 Å². The maximum atomic E-state index is 13.8. The van der Waals surface area contributed by atoms with Crippen LogP contribution >= 0.6 is 0 Å². The normalized spacial score (nSPS) is 15.5. The van der Waals surface area contributed by atoms with Crippen molar-refractivity contribution in [3.8, 4) is 5.75 Å². The third-order valence-corrected chi connectivity index (χ3v) is 6.43. The second-order valence-corrected chi connectivity index (χ2v) is 9.18. The lowest BCUT2D eigenvalue weighted by atomic mass is 9.90. The first kappa shape index (κ1) is 25.4. The fourth-order valence-electron chi connectivity index (χ4n) is 4.44. The molecule has 1 aliphatic heterocycles. The van der Waals surface area contributed by atoms with Gasteiger partial charge in [-0.2, -0.15) is 5.10 Å². The van der Waals surface area contributed by atoms with Crippen LogP contribution in [0.25, 0.3) is 5.65 Å². The number of carbonyl (C=O) groups excluding carboxylic acids is 3. The molecule has 36 heavy (non-hydrogen) atoms. The molecule has 5 rings (SSSR count). The Morgan fingerprint density at radius 2 is 2.00 bits per heavy atom. The van der Waals surface area contributed by atoms with E-state index in [1.165, 1.54) is 45.1 Å². The van der Waals surface area contributed by atoms with E-state index < -0.39 is 11.7 Å². The summed E-state index contributed by atoms with van der Waals surface area (Å²) in [5.74, 6) is -0.144. The number of ether oxygens (including phenoxy) is 1. The summed E-state index contributed by atoms with van der Waals surface area (Å²) in [5.41, 5.74) is 6.82. The number of fused-ring (bicyclic) bond motifs is 2. The van der Waals surface area contributed by atoms with Crippen LogP contribution in [-0.2, 0) is 17.8 Å². The average Bonchev–Trinajstić information content (AvgIpc) is 3.27. The number of aromatic nitrogens is 3. The highest BCUT2D eigenvalue weighted by atomic mass is 19.1. The first-order valence-electron chi connectivity index (χ1n) is 12.2. The van der Waals surface area contributed by atoms with E-state index in [2.05, 4.69) is 15.4 Å². The molecule has 0 spiro atoms. The van der Waals surface area contributed by atoms with Gasteiger partial charge in [-0.15, -0.1) is 0 Å². The number of benzene rings is 1. The number of carbonyl (C=O) groups is 3. The van der Waals surface area contributed by atoms with Crippen molar-refractivity contribution < 1.29 is 23.5 Å². The van der Waals surface area contributed by atoms with E-state index in [0.717, 1.165) is 34.3 Å². The van der Waals surface area contributed by atoms with Crippen molar-refractivity contribution in [3.63, 3.8) is 0 Å². The second-order valence-electron chi connectivity index (χ2n) is 9.18. The summed E-state index contributed by atoms with van der Waals surface area (Å²) >= 11 is 0. The van der Waals surface area contributed by atoms with Crippen molar-refractivity contribution in [2.24, 2.45) is 11.7 Å². The predicted octanol–water partition coefficient (Wildman–Crippen LogP) is 3.03. The number of rotatable bonds is 5. The van der Waals surface area contributed by atoms with E-state index in [4.69, 9.17) is 10.5 Å². The molecule has 3 aromatic rings. The Morgan fingerprint density at radius 3 is 2.69 bits per heavy atom. The number of amides is 1. The van der Waals surface area contributed by atoms with Crippen LogP contribution in [0.15, 0.2) is 30.5 Å². The van der Waals surface area contributed by atoms with Crippen molar-refractivity contribution in [1.29, 1.82) is 0 Å². The molecule has 1 aromatic carbocycles. The predicted molar refractivity (Wildman–Crippen MR) is 130 cm³/mol. The van der Waals surface area contributed by atoms with Crippen LogP contribution in [0.5, 0.6) is 5.75 Å². The maximum absolute atomic E-state index is 13.8. The number of hydrogen-bond donors (Lipinski definition) is 2. The van der Waals surface area contributed by atoms with Gasteiger partial charge in [0.25, 0.3) is 5.91 Å². The molecule has 10 heteroatoms. The smallest absolute Gasteiger partial charge is 0.270 e. The van der Waals surface area contributed by atoms with E-state index in [0.29, 0.717) is 5.75 Å². The summed E-state index contributed by atoms with van der Waals surface area (Å²) in [6.07, 6.45) is 8.28. The summed E-state index contributed by atoms with van der Waals surface area (Å²) in [6, 6.07) is 6.60. The molecule has 0 atom stereocenters. The Kier molecular flexibility index (Phi) is 8.04. The van der Waals surface area contributed by atoms with E-state index in [1.807, 2.05) is 0 Å². The molecule has 3 heterocycles. The zero-order chi connectivity index (χ0) is 25.7. The lowest BCUT2D eigenvalue weighted by Gasteiger charge is -2.18. The summed E-state index contributed by atoms with van der Waals surface area (Å²) in [6.45, 7) is 2.46. The zero-order valence-corrected chi connectivity index (χ0v) is 20.3. The lowest BCUT2D eigenvalue weighted by Crippen LogP contribution is -2.25. The third-order valence-electron chi connectivity index (χ3n) is 6.43. The van der Waals surface area contributed by atoms with Gasteiger partial charge in [0, 0.05) is 25.5 Å². The second kappa shape index (κ2) is 11.4. The number of hydrogen-bond acceptors (Lipinski definition) is 7. The maximum Gasteiger partial charge on any atom is 0.270 e. The summed E-state index contributed by atoms with van der Waals surface area (Å²) in [5, 5.41) is 6.45. The first-order valence-corrected chi connectivity index (χ1v) is 12.2. The van der Waals surface area contributed by atoms with Crippen molar-refractivity contribution in [2.45, 2.75) is 52.0 Å². The van der Waals surface area contributed by atoms with Crippen LogP contribution in [0.2, 0.25) is 0 Å². The fraction of sp³-hybridized carbons (Fsp3) is 0.423. The molecule has 1 amide bonds. The molecule has 0 unspecified atom stereocenters. The topological polar surface area (TPSA) is 129 Å². The number of nitrogens with one attached hydrogen (secondary N) is 1. The summed E-state index contributed by atoms with van der Waals surface area (Å²) in [7, 11) is 0. The molecule has 2 aromatic heterocycles. The van der Waals surface area contributed by atoms with Crippen LogP contribution in [0, 0.1) is 11.7 Å². The van der Waals surface area contributed by atoms with E-state index in [9.17, 15) is 18.8 Å². The van der Waals surface area contributed by atoms with E-state index in [1.54, 1.807) is 18.2 Å². The molecular formula is C26H30FN5O4. The number of halogens is 1. The molecule has 1 saturated carbocycles. The molecule has 0 saturated heterocycles. The van der Waals surface area contributed by atoms with Crippen molar-refractivity contribution in [2.75, 3.05) is 13.2 Å². The minimum Gasteiger partial charge on any atom is -0.486 e. The highest BCUT2D eigenvalue weighted by Crippen LogP contribution is 2.24. The lowest BCUT2D eigenvalue weighted by molar-refractivity contribution is -0.121. The Morgan fingerprint density at radius 1 is 1.22 bits per heavy atom. The van der Waals surface area contributed by atoms with Gasteiger partial charge in [-0.05, 0) is 49.1 Å². The molecule has 1 fully saturated rings. The molecule has 0 bridgehead atoms. The Balaban J connectivity index is 0.000000325. The fourth-order valence-corrected chi connectivity index (χ4v) is 4.44. The summed E-state index contributed by atoms with van der Waals surface area (Å²) in [4.78, 5) is 39.8. The Hall–Kier alpha value is -3.66. The van der Waals surface area contributed by atoms with E-state index >= 15 is 0 Å². The van der Waals surface area contributed by atoms with Gasteiger partial charge in [-0.1, -0.05) is 25.3 Å². The van der Waals surface area contributed by atoms with Crippen LogP contribution in [-0.4, -0.2) is 45.2 Å². The quantitative estimate of drug-likeness (QED) is 0.521. The van der Waals surface area contributed by atoms with E-state index in [-0.39, 0.29) is 48.2 Å². The largest absolute Gasteiger partial charge is 0.486 e. The SMILES string of the molecule is CC(=O)c1cc(C(=O)NCc2ccc3c(c2)CC(=O)CO3)nc2c(F)cnn12.NCC1CCCCC1. The third kappa shape index (κ3) is 5.93. The minimum absolute atomic E-state index is 0.00853. The first-order chi connectivity index (χ1) is 17.4. The zero-order valence-electron chi connectivity index (χ0n) is 20.3. The molecule has 1 aliphatic carbocycles. The van der Waals surface area contributed by atoms with Crippen molar-refractivity contribution in [3.05, 3.63) is 58.8 Å². The number of nitrogens with zero attached hydrogens (tertiary/aromatic N) is 3. The van der Waals surface area contributed by atoms with Gasteiger partial charge in [0.05, 0.1) is 6.20 Å². The van der Waals surface area contributed by atoms with Crippen LogP contribution in [0.3, 0.4) is 0 Å². The van der Waals surface area contributed by atoms with Gasteiger partial charge in [-0.3, -0.25) is 14.4 Å². The standard InChI is InChI=1S/C19H15FN4O4.C7H15N/c1-10(25)16-6-15(23-18-14(20)8-22-24(16)18)19(27)21-7-11-2-3-17-12(4-11)5-13(26)9-28-17;8-6-7-4-2-1-3-5-7/h2-4,6,8H,5,7,9H2,1H3,(H,21,27);7H,1-6,8H2. The minimum atomic E-state index is -0.725. The Labute approximate surface area is 208 Å². The molecule has 2 aliphatic rings.